The van der Waals surface area contributed by atoms with Gasteiger partial charge in [0.15, 0.2) is 5.92 Å². The normalized spacial score (nSPS) is 10.5. The maximum atomic E-state index is 11.5. The van der Waals surface area contributed by atoms with Gasteiger partial charge in [-0.2, -0.15) is 0 Å². The number of methoxy groups -OCH3 is 3. The minimum absolute atomic E-state index is 0.132. The molecule has 0 atom stereocenters. The highest BCUT2D eigenvalue weighted by atomic mass is 16.5. The summed E-state index contributed by atoms with van der Waals surface area (Å²) in [5, 5.41) is 0. The standard InChI is InChI=1S/C18H32O6/c1-22-16(19)14-12-10-8-6-4-5-7-9-11-13-15(17(20)23-2)18(21)24-3/h15H,4-14H2,1-3H3. The van der Waals surface area contributed by atoms with Gasteiger partial charge in [0.2, 0.25) is 0 Å². The maximum absolute atomic E-state index is 11.5. The molecule has 0 aromatic carbocycles. The zero-order valence-electron chi connectivity index (χ0n) is 15.3. The molecule has 0 unspecified atom stereocenters. The fourth-order valence-electron chi connectivity index (χ4n) is 2.57. The molecule has 0 radical (unpaired) electrons. The Labute approximate surface area is 145 Å². The molecule has 0 aliphatic rings. The predicted octanol–water partition coefficient (Wildman–Crippen LogP) is 3.41. The van der Waals surface area contributed by atoms with Gasteiger partial charge < -0.3 is 14.2 Å². The highest BCUT2D eigenvalue weighted by Crippen LogP contribution is 2.16. The van der Waals surface area contributed by atoms with Crippen molar-refractivity contribution in [3.05, 3.63) is 0 Å². The fourth-order valence-corrected chi connectivity index (χ4v) is 2.57. The molecule has 0 spiro atoms. The molecule has 0 N–H and O–H groups in total. The molecular formula is C18H32O6. The van der Waals surface area contributed by atoms with E-state index in [1.165, 1.54) is 34.2 Å². The molecular weight excluding hydrogens is 312 g/mol. The van der Waals surface area contributed by atoms with Crippen molar-refractivity contribution < 1.29 is 28.6 Å². The molecule has 0 rings (SSSR count). The van der Waals surface area contributed by atoms with Crippen LogP contribution in [0.3, 0.4) is 0 Å². The Hall–Kier alpha value is -1.59. The van der Waals surface area contributed by atoms with Gasteiger partial charge in [-0.25, -0.2) is 0 Å². The number of carbonyl (C=O) groups is 3. The average Bonchev–Trinajstić information content (AvgIpc) is 2.61. The second-order valence-corrected chi connectivity index (χ2v) is 5.90. The van der Waals surface area contributed by atoms with Gasteiger partial charge in [0, 0.05) is 6.42 Å². The van der Waals surface area contributed by atoms with Gasteiger partial charge in [0.1, 0.15) is 0 Å². The first-order chi connectivity index (χ1) is 11.6. The Morgan fingerprint density at radius 2 is 1.04 bits per heavy atom. The van der Waals surface area contributed by atoms with Crippen molar-refractivity contribution in [2.45, 2.75) is 70.6 Å². The van der Waals surface area contributed by atoms with Crippen molar-refractivity contribution in [1.82, 2.24) is 0 Å². The van der Waals surface area contributed by atoms with E-state index < -0.39 is 17.9 Å². The molecule has 24 heavy (non-hydrogen) atoms. The lowest BCUT2D eigenvalue weighted by molar-refractivity contribution is -0.159. The fraction of sp³-hybridized carbons (Fsp3) is 0.833. The van der Waals surface area contributed by atoms with Crippen LogP contribution >= 0.6 is 0 Å². The molecule has 0 saturated heterocycles. The van der Waals surface area contributed by atoms with Crippen LogP contribution in [0.5, 0.6) is 0 Å². The average molecular weight is 344 g/mol. The van der Waals surface area contributed by atoms with Crippen LogP contribution in [0.4, 0.5) is 0 Å². The van der Waals surface area contributed by atoms with Crippen molar-refractivity contribution in [3.63, 3.8) is 0 Å². The summed E-state index contributed by atoms with van der Waals surface area (Å²) >= 11 is 0. The van der Waals surface area contributed by atoms with Gasteiger partial charge in [-0.1, -0.05) is 51.4 Å². The third-order valence-corrected chi connectivity index (χ3v) is 4.07. The van der Waals surface area contributed by atoms with E-state index >= 15 is 0 Å². The molecule has 0 bridgehead atoms. The van der Waals surface area contributed by atoms with Crippen LogP contribution in [0, 0.1) is 5.92 Å². The van der Waals surface area contributed by atoms with E-state index in [1.807, 2.05) is 0 Å². The molecule has 140 valence electrons. The summed E-state index contributed by atoms with van der Waals surface area (Å²) in [5.74, 6) is -1.97. The Morgan fingerprint density at radius 3 is 1.46 bits per heavy atom. The Balaban J connectivity index is 3.54. The van der Waals surface area contributed by atoms with Crippen LogP contribution in [0.1, 0.15) is 70.6 Å². The van der Waals surface area contributed by atoms with Gasteiger partial charge in [0.05, 0.1) is 21.3 Å². The molecule has 0 aromatic heterocycles. The lowest BCUT2D eigenvalue weighted by Gasteiger charge is -2.11. The first-order valence-corrected chi connectivity index (χ1v) is 8.79. The number of unbranched alkanes of at least 4 members (excludes halogenated alkanes) is 8. The van der Waals surface area contributed by atoms with Crippen LogP contribution in [0.15, 0.2) is 0 Å². The second kappa shape index (κ2) is 15.0. The number of hydrogen-bond acceptors (Lipinski definition) is 6. The molecule has 6 heteroatoms. The highest BCUT2D eigenvalue weighted by Gasteiger charge is 2.27. The van der Waals surface area contributed by atoms with Gasteiger partial charge in [-0.05, 0) is 12.8 Å². The van der Waals surface area contributed by atoms with Crippen LogP contribution in [0.2, 0.25) is 0 Å². The third-order valence-electron chi connectivity index (χ3n) is 4.07. The first kappa shape index (κ1) is 22.4. The van der Waals surface area contributed by atoms with E-state index in [0.29, 0.717) is 12.8 Å². The molecule has 0 aliphatic carbocycles. The van der Waals surface area contributed by atoms with Crippen molar-refractivity contribution >= 4 is 17.9 Å². The summed E-state index contributed by atoms with van der Waals surface area (Å²) in [6, 6.07) is 0. The lowest BCUT2D eigenvalue weighted by Crippen LogP contribution is -2.26. The van der Waals surface area contributed by atoms with E-state index in [4.69, 9.17) is 0 Å². The van der Waals surface area contributed by atoms with Crippen LogP contribution in [-0.2, 0) is 28.6 Å². The van der Waals surface area contributed by atoms with Crippen LogP contribution in [0.25, 0.3) is 0 Å². The van der Waals surface area contributed by atoms with Crippen LogP contribution < -0.4 is 0 Å². The van der Waals surface area contributed by atoms with Crippen molar-refractivity contribution in [1.29, 1.82) is 0 Å². The summed E-state index contributed by atoms with van der Waals surface area (Å²) in [7, 11) is 3.98. The van der Waals surface area contributed by atoms with Gasteiger partial charge in [0.25, 0.3) is 0 Å². The number of rotatable bonds is 14. The van der Waals surface area contributed by atoms with Crippen molar-refractivity contribution in [2.75, 3.05) is 21.3 Å². The van der Waals surface area contributed by atoms with E-state index in [2.05, 4.69) is 14.2 Å². The van der Waals surface area contributed by atoms with Gasteiger partial charge >= 0.3 is 17.9 Å². The summed E-state index contributed by atoms with van der Waals surface area (Å²) in [5.41, 5.74) is 0. The number of hydrogen-bond donors (Lipinski definition) is 0. The topological polar surface area (TPSA) is 78.9 Å². The second-order valence-electron chi connectivity index (χ2n) is 5.90. The van der Waals surface area contributed by atoms with Gasteiger partial charge in [-0.3, -0.25) is 14.4 Å². The number of ether oxygens (including phenoxy) is 3. The molecule has 6 nitrogen and oxygen atoms in total. The minimum Gasteiger partial charge on any atom is -0.469 e. The highest BCUT2D eigenvalue weighted by molar-refractivity contribution is 5.94. The summed E-state index contributed by atoms with van der Waals surface area (Å²) in [6.45, 7) is 0. The summed E-state index contributed by atoms with van der Waals surface area (Å²) < 4.78 is 13.9. The van der Waals surface area contributed by atoms with Crippen molar-refractivity contribution in [2.24, 2.45) is 5.92 Å². The largest absolute Gasteiger partial charge is 0.469 e. The summed E-state index contributed by atoms with van der Waals surface area (Å²) in [4.78, 5) is 34.0. The predicted molar refractivity (Wildman–Crippen MR) is 90.3 cm³/mol. The maximum Gasteiger partial charge on any atom is 0.320 e. The van der Waals surface area contributed by atoms with E-state index in [9.17, 15) is 14.4 Å². The molecule has 0 amide bonds. The van der Waals surface area contributed by atoms with E-state index in [0.717, 1.165) is 44.9 Å². The van der Waals surface area contributed by atoms with E-state index in [1.54, 1.807) is 0 Å². The molecule has 0 aliphatic heterocycles. The molecule has 0 aromatic rings. The SMILES string of the molecule is COC(=O)CCCCCCCCCCCC(C(=O)OC)C(=O)OC. The third kappa shape index (κ3) is 11.0. The van der Waals surface area contributed by atoms with Crippen molar-refractivity contribution in [3.8, 4) is 0 Å². The monoisotopic (exact) mass is 344 g/mol. The first-order valence-electron chi connectivity index (χ1n) is 8.79. The Bertz CT molecular complexity index is 351. The summed E-state index contributed by atoms with van der Waals surface area (Å²) in [6.07, 6.45) is 10.5. The van der Waals surface area contributed by atoms with E-state index in [-0.39, 0.29) is 5.97 Å². The molecule has 0 saturated carbocycles. The zero-order chi connectivity index (χ0) is 18.2. The number of carbonyl (C=O) groups excluding carboxylic acids is 3. The Kier molecular flexibility index (Phi) is 14.0. The van der Waals surface area contributed by atoms with Crippen LogP contribution in [-0.4, -0.2) is 39.2 Å². The quantitative estimate of drug-likeness (QED) is 0.208. The number of esters is 3. The molecule has 0 fully saturated rings. The molecule has 0 heterocycles. The van der Waals surface area contributed by atoms with Gasteiger partial charge in [-0.15, -0.1) is 0 Å². The Morgan fingerprint density at radius 1 is 0.625 bits per heavy atom. The lowest BCUT2D eigenvalue weighted by atomic mass is 10.00. The smallest absolute Gasteiger partial charge is 0.320 e. The minimum atomic E-state index is -0.796. The zero-order valence-corrected chi connectivity index (χ0v) is 15.3.